The summed E-state index contributed by atoms with van der Waals surface area (Å²) < 4.78 is 15.6. The van der Waals surface area contributed by atoms with Crippen LogP contribution in [-0.4, -0.2) is 67.6 Å². The normalized spacial score (nSPS) is 21.0. The van der Waals surface area contributed by atoms with Crippen LogP contribution >= 0.6 is 11.8 Å². The smallest absolute Gasteiger partial charge is 0.191 e. The van der Waals surface area contributed by atoms with Crippen molar-refractivity contribution in [3.8, 4) is 11.5 Å². The summed E-state index contributed by atoms with van der Waals surface area (Å²) in [5.41, 5.74) is 1.75. The highest BCUT2D eigenvalue weighted by atomic mass is 32.2. The zero-order chi connectivity index (χ0) is 21.2. The Balaban J connectivity index is 1.11. The van der Waals surface area contributed by atoms with E-state index >= 15 is 0 Å². The molecule has 31 heavy (non-hydrogen) atoms. The van der Waals surface area contributed by atoms with Crippen LogP contribution in [0.15, 0.2) is 48.0 Å². The largest absolute Gasteiger partial charge is 0.367 e. The number of likely N-dealkylation sites (tertiary alicyclic amines) is 1. The zero-order valence-corrected chi connectivity index (χ0v) is 18.4. The number of aromatic nitrogens is 5. The van der Waals surface area contributed by atoms with Crippen molar-refractivity contribution in [2.75, 3.05) is 36.8 Å². The molecule has 9 heteroatoms. The molecule has 162 valence electrons. The Morgan fingerprint density at radius 2 is 2.13 bits per heavy atom. The summed E-state index contributed by atoms with van der Waals surface area (Å²) in [6.45, 7) is 4.31. The maximum Gasteiger partial charge on any atom is 0.191 e. The van der Waals surface area contributed by atoms with E-state index in [1.165, 1.54) is 12.5 Å². The summed E-state index contributed by atoms with van der Waals surface area (Å²) in [7, 11) is 1.97. The fourth-order valence-corrected chi connectivity index (χ4v) is 5.57. The second kappa shape index (κ2) is 8.92. The van der Waals surface area contributed by atoms with Crippen LogP contribution in [0.3, 0.4) is 0 Å². The predicted molar refractivity (Wildman–Crippen MR) is 119 cm³/mol. The van der Waals surface area contributed by atoms with Crippen LogP contribution in [0.25, 0.3) is 11.5 Å². The van der Waals surface area contributed by atoms with E-state index in [2.05, 4.69) is 30.0 Å². The number of anilines is 1. The number of thioether (sulfide) groups is 1. The van der Waals surface area contributed by atoms with Crippen molar-refractivity contribution in [3.63, 3.8) is 0 Å². The number of fused-ring (bicyclic) bond motifs is 1. The Hall–Kier alpha value is -2.52. The van der Waals surface area contributed by atoms with Crippen molar-refractivity contribution >= 4 is 17.4 Å². The molecule has 2 atom stereocenters. The average Bonchev–Trinajstić information content (AvgIpc) is 3.46. The van der Waals surface area contributed by atoms with Gasteiger partial charge in [-0.25, -0.2) is 9.37 Å². The third-order valence-electron chi connectivity index (χ3n) is 6.24. The first-order valence-electron chi connectivity index (χ1n) is 10.7. The van der Waals surface area contributed by atoms with Gasteiger partial charge in [0.1, 0.15) is 11.5 Å². The van der Waals surface area contributed by atoms with Crippen LogP contribution in [0, 0.1) is 11.7 Å². The molecular weight excluding hydrogens is 413 g/mol. The van der Waals surface area contributed by atoms with Crippen molar-refractivity contribution < 1.29 is 4.39 Å². The lowest BCUT2D eigenvalue weighted by Gasteiger charge is -2.27. The summed E-state index contributed by atoms with van der Waals surface area (Å²) in [6.07, 6.45) is 7.31. The molecule has 0 N–H and O–H groups in total. The van der Waals surface area contributed by atoms with Crippen LogP contribution in [0.4, 0.5) is 10.1 Å². The summed E-state index contributed by atoms with van der Waals surface area (Å²) in [5, 5.41) is 9.49. The van der Waals surface area contributed by atoms with Gasteiger partial charge >= 0.3 is 0 Å². The van der Waals surface area contributed by atoms with E-state index in [0.29, 0.717) is 12.0 Å². The fraction of sp³-hybridized carbons (Fsp3) is 0.455. The lowest BCUT2D eigenvalue weighted by molar-refractivity contribution is 0.319. The molecule has 3 aromatic rings. The van der Waals surface area contributed by atoms with Gasteiger partial charge < -0.3 is 14.4 Å². The number of rotatable bonds is 7. The van der Waals surface area contributed by atoms with Crippen molar-refractivity contribution in [3.05, 3.63) is 48.7 Å². The van der Waals surface area contributed by atoms with Crippen LogP contribution in [0.1, 0.15) is 12.8 Å². The van der Waals surface area contributed by atoms with Gasteiger partial charge in [0.05, 0.1) is 6.20 Å². The van der Waals surface area contributed by atoms with Crippen molar-refractivity contribution in [2.24, 2.45) is 13.0 Å². The molecule has 2 unspecified atom stereocenters. The maximum atomic E-state index is 13.7. The van der Waals surface area contributed by atoms with Gasteiger partial charge in [-0.2, -0.15) is 0 Å². The second-order valence-corrected chi connectivity index (χ2v) is 9.27. The van der Waals surface area contributed by atoms with Gasteiger partial charge in [-0.05, 0) is 43.5 Å². The predicted octanol–water partition coefficient (Wildman–Crippen LogP) is 3.10. The molecule has 2 aromatic heterocycles. The van der Waals surface area contributed by atoms with Crippen molar-refractivity contribution in [2.45, 2.75) is 24.0 Å². The zero-order valence-electron chi connectivity index (χ0n) is 17.6. The molecule has 0 radical (unpaired) electrons. The van der Waals surface area contributed by atoms with Crippen molar-refractivity contribution in [1.82, 2.24) is 29.6 Å². The molecule has 0 aliphatic carbocycles. The van der Waals surface area contributed by atoms with E-state index in [1.807, 2.05) is 23.7 Å². The maximum absolute atomic E-state index is 13.7. The molecule has 2 aliphatic heterocycles. The van der Waals surface area contributed by atoms with Gasteiger partial charge in [0, 0.05) is 56.6 Å². The summed E-state index contributed by atoms with van der Waals surface area (Å²) in [6, 6.07) is 7.52. The minimum absolute atomic E-state index is 0.154. The first-order valence-corrected chi connectivity index (χ1v) is 11.7. The summed E-state index contributed by atoms with van der Waals surface area (Å²) in [4.78, 5) is 13.4. The molecular formula is C22H26FN7S. The lowest BCUT2D eigenvalue weighted by Crippen LogP contribution is -2.35. The Morgan fingerprint density at radius 3 is 2.97 bits per heavy atom. The second-order valence-electron chi connectivity index (χ2n) is 8.21. The molecule has 1 aromatic carbocycles. The number of hydrogen-bond acceptors (Lipinski definition) is 7. The topological polar surface area (TPSA) is 63.0 Å². The number of benzene rings is 1. The minimum atomic E-state index is -0.154. The van der Waals surface area contributed by atoms with E-state index in [9.17, 15) is 4.39 Å². The highest BCUT2D eigenvalue weighted by molar-refractivity contribution is 7.99. The quantitative estimate of drug-likeness (QED) is 0.414. The molecule has 2 saturated heterocycles. The molecule has 2 fully saturated rings. The minimum Gasteiger partial charge on any atom is -0.367 e. The Morgan fingerprint density at radius 1 is 1.19 bits per heavy atom. The van der Waals surface area contributed by atoms with E-state index in [4.69, 9.17) is 0 Å². The first kappa shape index (κ1) is 20.4. The number of halogens is 1. The third-order valence-corrected chi connectivity index (χ3v) is 7.35. The molecule has 4 heterocycles. The number of hydrogen-bond donors (Lipinski definition) is 0. The molecule has 0 amide bonds. The van der Waals surface area contributed by atoms with Crippen LogP contribution in [0.5, 0.6) is 0 Å². The van der Waals surface area contributed by atoms with Gasteiger partial charge in [0.25, 0.3) is 0 Å². The van der Waals surface area contributed by atoms with E-state index < -0.39 is 0 Å². The van der Waals surface area contributed by atoms with E-state index in [-0.39, 0.29) is 5.82 Å². The first-order chi connectivity index (χ1) is 15.2. The Kier molecular flexibility index (Phi) is 5.87. The molecule has 7 nitrogen and oxygen atoms in total. The van der Waals surface area contributed by atoms with Crippen LogP contribution < -0.4 is 4.90 Å². The van der Waals surface area contributed by atoms with Gasteiger partial charge in [-0.1, -0.05) is 17.8 Å². The molecule has 0 spiro atoms. The van der Waals surface area contributed by atoms with Gasteiger partial charge in [0.15, 0.2) is 11.0 Å². The SMILES string of the molecule is Cn1c(SCCCN2CC3CCN(c4cccc(F)c4)C3C2)nnc1-c1cnccn1. The third kappa shape index (κ3) is 4.29. The lowest BCUT2D eigenvalue weighted by atomic mass is 10.1. The highest BCUT2D eigenvalue weighted by Gasteiger charge is 2.41. The Bertz CT molecular complexity index is 1030. The summed E-state index contributed by atoms with van der Waals surface area (Å²) in [5.74, 6) is 2.26. The van der Waals surface area contributed by atoms with Gasteiger partial charge in [0.2, 0.25) is 0 Å². The van der Waals surface area contributed by atoms with Crippen molar-refractivity contribution in [1.29, 1.82) is 0 Å². The number of nitrogens with zero attached hydrogens (tertiary/aromatic N) is 7. The Labute approximate surface area is 185 Å². The fourth-order valence-electron chi connectivity index (χ4n) is 4.74. The van der Waals surface area contributed by atoms with Crippen LogP contribution in [-0.2, 0) is 7.05 Å². The van der Waals surface area contributed by atoms with Crippen LogP contribution in [0.2, 0.25) is 0 Å². The standard InChI is InChI=1S/C22H26FN7S/c1-28-21(19-13-24-7-8-25-19)26-27-22(28)31-11-3-9-29-14-16-6-10-30(20(16)15-29)18-5-2-4-17(23)12-18/h2,4-5,7-8,12-13,16,20H,3,6,9-11,14-15H2,1H3. The van der Waals surface area contributed by atoms with Gasteiger partial charge in [-0.15, -0.1) is 10.2 Å². The molecule has 0 bridgehead atoms. The molecule has 0 saturated carbocycles. The molecule has 5 rings (SSSR count). The highest BCUT2D eigenvalue weighted by Crippen LogP contribution is 2.35. The molecule has 2 aliphatic rings. The monoisotopic (exact) mass is 439 g/mol. The van der Waals surface area contributed by atoms with Gasteiger partial charge in [-0.3, -0.25) is 4.98 Å². The van der Waals surface area contributed by atoms with E-state index in [0.717, 1.165) is 60.7 Å². The summed E-state index contributed by atoms with van der Waals surface area (Å²) >= 11 is 1.73. The average molecular weight is 440 g/mol. The van der Waals surface area contributed by atoms with E-state index in [1.54, 1.807) is 36.4 Å².